The van der Waals surface area contributed by atoms with Gasteiger partial charge >= 0.3 is 0 Å². The maximum absolute atomic E-state index is 10.5. The van der Waals surface area contributed by atoms with E-state index in [9.17, 15) is 35.7 Å². The van der Waals surface area contributed by atoms with Crippen LogP contribution < -0.4 is 0 Å². The smallest absolute Gasteiger partial charge is 0.187 e. The van der Waals surface area contributed by atoms with Crippen molar-refractivity contribution in [2.75, 3.05) is 19.8 Å². The lowest BCUT2D eigenvalue weighted by Crippen LogP contribution is -2.64. The quantitative estimate of drug-likeness (QED) is 0.154. The molecule has 7 N–H and O–H groups in total. The normalized spacial score (nSPS) is 40.5. The summed E-state index contributed by atoms with van der Waals surface area (Å²) in [6.45, 7) is 1.26. The Bertz CT molecular complexity index is 506. The Labute approximate surface area is 188 Å². The summed E-state index contributed by atoms with van der Waals surface area (Å²) in [6, 6.07) is 0. The van der Waals surface area contributed by atoms with Gasteiger partial charge in [0.1, 0.15) is 48.8 Å². The van der Waals surface area contributed by atoms with Gasteiger partial charge in [0.2, 0.25) is 0 Å². The standard InChI is InChI=1S/C21H40O11/c1-2-3-4-5-6-7-8-9-29-20-18(28)16(26)19(13(11-23)31-20)32-21-17(27)15(25)14(24)12(10-22)30-21/h12-28H,2-11H2,1H3/t12?,13?,14-,15+,16?,17?,18+,19-,20-,21-/m1/s1. The van der Waals surface area contributed by atoms with E-state index in [2.05, 4.69) is 6.92 Å². The first-order valence-electron chi connectivity index (χ1n) is 11.6. The van der Waals surface area contributed by atoms with Crippen LogP contribution in [0.15, 0.2) is 0 Å². The Balaban J connectivity index is 1.86. The molecule has 2 fully saturated rings. The molecule has 2 aliphatic heterocycles. The van der Waals surface area contributed by atoms with Crippen molar-refractivity contribution in [3.8, 4) is 0 Å². The minimum Gasteiger partial charge on any atom is -0.394 e. The first-order valence-corrected chi connectivity index (χ1v) is 11.6. The zero-order valence-electron chi connectivity index (χ0n) is 18.6. The summed E-state index contributed by atoms with van der Waals surface area (Å²) >= 11 is 0. The highest BCUT2D eigenvalue weighted by Crippen LogP contribution is 2.29. The molecule has 190 valence electrons. The molecule has 0 saturated carbocycles. The number of hydrogen-bond acceptors (Lipinski definition) is 11. The molecule has 0 aromatic carbocycles. The summed E-state index contributed by atoms with van der Waals surface area (Å²) in [5.41, 5.74) is 0. The van der Waals surface area contributed by atoms with E-state index in [1.807, 2.05) is 0 Å². The van der Waals surface area contributed by atoms with Gasteiger partial charge < -0.3 is 54.7 Å². The van der Waals surface area contributed by atoms with Crippen LogP contribution >= 0.6 is 0 Å². The second-order valence-electron chi connectivity index (χ2n) is 8.50. The van der Waals surface area contributed by atoms with E-state index in [-0.39, 0.29) is 0 Å². The molecule has 2 heterocycles. The lowest BCUT2D eigenvalue weighted by atomic mass is 9.97. The lowest BCUT2D eigenvalue weighted by Gasteiger charge is -2.45. The fourth-order valence-electron chi connectivity index (χ4n) is 3.95. The van der Waals surface area contributed by atoms with Crippen molar-refractivity contribution >= 4 is 0 Å². The van der Waals surface area contributed by atoms with Gasteiger partial charge in [-0.05, 0) is 6.42 Å². The topological polar surface area (TPSA) is 179 Å². The molecule has 11 nitrogen and oxygen atoms in total. The molecular formula is C21H40O11. The molecule has 2 rings (SSSR count). The monoisotopic (exact) mass is 468 g/mol. The fraction of sp³-hybridized carbons (Fsp3) is 1.00. The molecule has 2 saturated heterocycles. The van der Waals surface area contributed by atoms with E-state index in [0.29, 0.717) is 6.61 Å². The van der Waals surface area contributed by atoms with Crippen molar-refractivity contribution in [2.24, 2.45) is 0 Å². The van der Waals surface area contributed by atoms with E-state index in [1.54, 1.807) is 0 Å². The molecule has 0 bridgehead atoms. The molecule has 11 heteroatoms. The number of aliphatic hydroxyl groups excluding tert-OH is 7. The van der Waals surface area contributed by atoms with Crippen molar-refractivity contribution in [1.29, 1.82) is 0 Å². The van der Waals surface area contributed by atoms with Gasteiger partial charge in [0.15, 0.2) is 12.6 Å². The zero-order chi connectivity index (χ0) is 23.7. The first-order chi connectivity index (χ1) is 15.3. The number of ether oxygens (including phenoxy) is 4. The van der Waals surface area contributed by atoms with E-state index in [4.69, 9.17) is 18.9 Å². The molecule has 0 aromatic rings. The minimum absolute atomic E-state index is 0.318. The van der Waals surface area contributed by atoms with Gasteiger partial charge in [0.05, 0.1) is 13.2 Å². The second kappa shape index (κ2) is 14.1. The predicted molar refractivity (Wildman–Crippen MR) is 110 cm³/mol. The zero-order valence-corrected chi connectivity index (χ0v) is 18.6. The van der Waals surface area contributed by atoms with Gasteiger partial charge in [-0.15, -0.1) is 0 Å². The van der Waals surface area contributed by atoms with Crippen molar-refractivity contribution in [3.05, 3.63) is 0 Å². The third kappa shape index (κ3) is 7.28. The molecule has 0 aromatic heterocycles. The largest absolute Gasteiger partial charge is 0.394 e. The van der Waals surface area contributed by atoms with Crippen LogP contribution in [-0.4, -0.2) is 117 Å². The molecule has 0 radical (unpaired) electrons. The Morgan fingerprint density at radius 1 is 0.625 bits per heavy atom. The highest BCUT2D eigenvalue weighted by Gasteiger charge is 2.50. The van der Waals surface area contributed by atoms with Crippen LogP contribution in [0.3, 0.4) is 0 Å². The van der Waals surface area contributed by atoms with Crippen molar-refractivity contribution in [2.45, 2.75) is 113 Å². The van der Waals surface area contributed by atoms with Crippen LogP contribution in [0.5, 0.6) is 0 Å². The van der Waals surface area contributed by atoms with Gasteiger partial charge in [-0.2, -0.15) is 0 Å². The van der Waals surface area contributed by atoms with Crippen LogP contribution in [0.25, 0.3) is 0 Å². The second-order valence-corrected chi connectivity index (χ2v) is 8.50. The van der Waals surface area contributed by atoms with Gasteiger partial charge in [-0.25, -0.2) is 0 Å². The minimum atomic E-state index is -1.69. The highest BCUT2D eigenvalue weighted by molar-refractivity contribution is 4.94. The SMILES string of the molecule is CCCCCCCCCO[C@@H]1OC(CO)[C@@H](O[C@H]2OC(CO)[C@@H](O)[C@H](O)C2O)C(O)[C@@H]1O. The molecular weight excluding hydrogens is 428 g/mol. The number of unbranched alkanes of at least 4 members (excludes halogenated alkanes) is 6. The van der Waals surface area contributed by atoms with E-state index in [0.717, 1.165) is 19.3 Å². The molecule has 32 heavy (non-hydrogen) atoms. The molecule has 2 aliphatic rings. The van der Waals surface area contributed by atoms with Crippen molar-refractivity contribution < 1.29 is 54.7 Å². The number of rotatable bonds is 13. The molecule has 0 aliphatic carbocycles. The lowest BCUT2D eigenvalue weighted by molar-refractivity contribution is -0.359. The van der Waals surface area contributed by atoms with Crippen LogP contribution in [0.2, 0.25) is 0 Å². The van der Waals surface area contributed by atoms with Crippen LogP contribution in [0.1, 0.15) is 51.9 Å². The molecule has 0 amide bonds. The van der Waals surface area contributed by atoms with Crippen LogP contribution in [0, 0.1) is 0 Å². The van der Waals surface area contributed by atoms with Gasteiger partial charge in [0, 0.05) is 6.61 Å². The predicted octanol–water partition coefficient (Wildman–Crippen LogP) is -1.62. The molecule has 0 spiro atoms. The highest BCUT2D eigenvalue weighted by atomic mass is 16.7. The summed E-state index contributed by atoms with van der Waals surface area (Å²) in [5, 5.41) is 69.8. The number of hydrogen-bond donors (Lipinski definition) is 7. The average Bonchev–Trinajstić information content (AvgIpc) is 2.79. The maximum Gasteiger partial charge on any atom is 0.187 e. The summed E-state index contributed by atoms with van der Waals surface area (Å²) in [4.78, 5) is 0. The Morgan fingerprint density at radius 3 is 1.81 bits per heavy atom. The Hall–Kier alpha value is -0.440. The van der Waals surface area contributed by atoms with Crippen LogP contribution in [0.4, 0.5) is 0 Å². The van der Waals surface area contributed by atoms with E-state index in [1.165, 1.54) is 25.7 Å². The van der Waals surface area contributed by atoms with Gasteiger partial charge in [-0.3, -0.25) is 0 Å². The molecule has 10 atom stereocenters. The van der Waals surface area contributed by atoms with Crippen molar-refractivity contribution in [3.63, 3.8) is 0 Å². The summed E-state index contributed by atoms with van der Waals surface area (Å²) in [5.74, 6) is 0. The maximum atomic E-state index is 10.5. The first kappa shape index (κ1) is 27.8. The van der Waals surface area contributed by atoms with E-state index >= 15 is 0 Å². The average molecular weight is 469 g/mol. The number of aliphatic hydroxyl groups is 7. The van der Waals surface area contributed by atoms with Gasteiger partial charge in [-0.1, -0.05) is 45.4 Å². The van der Waals surface area contributed by atoms with Gasteiger partial charge in [0.25, 0.3) is 0 Å². The Morgan fingerprint density at radius 2 is 1.19 bits per heavy atom. The summed E-state index contributed by atoms with van der Waals surface area (Å²) < 4.78 is 21.9. The Kier molecular flexibility index (Phi) is 12.2. The van der Waals surface area contributed by atoms with Crippen LogP contribution in [-0.2, 0) is 18.9 Å². The fourth-order valence-corrected chi connectivity index (χ4v) is 3.95. The van der Waals surface area contributed by atoms with E-state index < -0.39 is 74.6 Å². The third-order valence-corrected chi connectivity index (χ3v) is 5.99. The summed E-state index contributed by atoms with van der Waals surface area (Å²) in [7, 11) is 0. The summed E-state index contributed by atoms with van der Waals surface area (Å²) in [6.07, 6.45) is -6.68. The third-order valence-electron chi connectivity index (χ3n) is 5.99. The van der Waals surface area contributed by atoms with Crippen molar-refractivity contribution in [1.82, 2.24) is 0 Å². The molecule has 4 unspecified atom stereocenters.